The van der Waals surface area contributed by atoms with Crippen LogP contribution in [0.15, 0.2) is 34.9 Å². The van der Waals surface area contributed by atoms with Crippen LogP contribution in [0.3, 0.4) is 0 Å². The quantitative estimate of drug-likeness (QED) is 0.828. The van der Waals surface area contributed by atoms with Crippen LogP contribution in [-0.2, 0) is 17.5 Å². The second kappa shape index (κ2) is 8.54. The van der Waals surface area contributed by atoms with E-state index in [1.165, 1.54) is 12.1 Å². The number of alkyl halides is 3. The fraction of sp³-hybridized carbons (Fsp3) is 0.333. The molecule has 5 nitrogen and oxygen atoms in total. The molecule has 0 unspecified atom stereocenters. The highest BCUT2D eigenvalue weighted by molar-refractivity contribution is 5.78. The number of aryl methyl sites for hydroxylation is 1. The third-order valence-corrected chi connectivity index (χ3v) is 3.32. The predicted octanol–water partition coefficient (Wildman–Crippen LogP) is 2.60. The average molecular weight is 365 g/mol. The lowest BCUT2D eigenvalue weighted by Gasteiger charge is -2.13. The molecular weight excluding hydrogens is 347 g/mol. The third-order valence-electron chi connectivity index (χ3n) is 3.32. The number of benzene rings is 1. The molecule has 0 radical (unpaired) electrons. The summed E-state index contributed by atoms with van der Waals surface area (Å²) >= 11 is 0. The van der Waals surface area contributed by atoms with Crippen LogP contribution in [0.25, 0.3) is 0 Å². The molecule has 0 spiro atoms. The van der Waals surface area contributed by atoms with Crippen molar-refractivity contribution < 1.29 is 22.5 Å². The maximum atomic E-state index is 12.6. The van der Waals surface area contributed by atoms with Gasteiger partial charge in [-0.15, -0.1) is 0 Å². The highest BCUT2D eigenvalue weighted by atomic mass is 19.4. The lowest BCUT2D eigenvalue weighted by atomic mass is 10.1. The molecule has 1 aromatic heterocycles. The molecule has 2 aromatic rings. The van der Waals surface area contributed by atoms with Crippen molar-refractivity contribution in [2.75, 3.05) is 20.1 Å². The summed E-state index contributed by atoms with van der Waals surface area (Å²) in [4.78, 5) is 13.6. The monoisotopic (exact) mass is 365 g/mol. The van der Waals surface area contributed by atoms with E-state index in [1.54, 1.807) is 24.9 Å². The smallest absolute Gasteiger partial charge is 0.361 e. The van der Waals surface area contributed by atoms with E-state index in [1.807, 2.05) is 0 Å². The number of hydrogen-bond donors (Lipinski definition) is 1. The van der Waals surface area contributed by atoms with Gasteiger partial charge < -0.3 is 9.84 Å². The predicted molar refractivity (Wildman–Crippen MR) is 88.9 cm³/mol. The normalized spacial score (nSPS) is 11.2. The maximum absolute atomic E-state index is 12.6. The summed E-state index contributed by atoms with van der Waals surface area (Å²) in [5.41, 5.74) is 0.216. The van der Waals surface area contributed by atoms with Gasteiger partial charge >= 0.3 is 6.18 Å². The number of carbonyl (C=O) groups excluding carboxylic acids is 1. The van der Waals surface area contributed by atoms with Crippen molar-refractivity contribution in [3.63, 3.8) is 0 Å². The van der Waals surface area contributed by atoms with Gasteiger partial charge in [0.25, 0.3) is 0 Å². The number of halogens is 3. The molecule has 1 aromatic carbocycles. The summed E-state index contributed by atoms with van der Waals surface area (Å²) in [5, 5.41) is 6.44. The first-order valence-electron chi connectivity index (χ1n) is 7.77. The second-order valence-corrected chi connectivity index (χ2v) is 5.76. The van der Waals surface area contributed by atoms with Crippen LogP contribution >= 0.6 is 0 Å². The molecule has 2 rings (SSSR count). The van der Waals surface area contributed by atoms with Crippen molar-refractivity contribution in [3.8, 4) is 11.8 Å². The number of nitrogens with zero attached hydrogens (tertiary/aromatic N) is 2. The lowest BCUT2D eigenvalue weighted by Crippen LogP contribution is -2.35. The van der Waals surface area contributed by atoms with Crippen LogP contribution < -0.4 is 5.32 Å². The van der Waals surface area contributed by atoms with Crippen LogP contribution in [0.2, 0.25) is 0 Å². The van der Waals surface area contributed by atoms with Crippen molar-refractivity contribution in [2.45, 2.75) is 19.6 Å². The largest absolute Gasteiger partial charge is 0.416 e. The fourth-order valence-electron chi connectivity index (χ4n) is 2.19. The van der Waals surface area contributed by atoms with Crippen molar-refractivity contribution in [3.05, 3.63) is 52.9 Å². The Morgan fingerprint density at radius 1 is 1.35 bits per heavy atom. The van der Waals surface area contributed by atoms with E-state index in [9.17, 15) is 18.0 Å². The topological polar surface area (TPSA) is 58.4 Å². The third kappa shape index (κ3) is 6.26. The zero-order chi connectivity index (χ0) is 19.2. The molecule has 1 amide bonds. The Morgan fingerprint density at radius 2 is 2.12 bits per heavy atom. The SMILES string of the molecule is Cc1cc(CN(C)CC(=O)NCC#Cc2cccc(C(F)(F)F)c2)no1. The molecule has 0 aliphatic rings. The van der Waals surface area contributed by atoms with Gasteiger partial charge in [0, 0.05) is 18.2 Å². The molecule has 0 bridgehead atoms. The number of hydrogen-bond acceptors (Lipinski definition) is 4. The zero-order valence-corrected chi connectivity index (χ0v) is 14.4. The molecule has 0 saturated heterocycles. The van der Waals surface area contributed by atoms with Crippen molar-refractivity contribution in [2.24, 2.45) is 0 Å². The number of amides is 1. The number of aromatic nitrogens is 1. The second-order valence-electron chi connectivity index (χ2n) is 5.76. The van der Waals surface area contributed by atoms with Crippen molar-refractivity contribution in [1.29, 1.82) is 0 Å². The maximum Gasteiger partial charge on any atom is 0.416 e. The van der Waals surface area contributed by atoms with Crippen LogP contribution in [0.4, 0.5) is 13.2 Å². The molecular formula is C18H18F3N3O2. The van der Waals surface area contributed by atoms with Crippen molar-refractivity contribution in [1.82, 2.24) is 15.4 Å². The Balaban J connectivity index is 1.79. The molecule has 0 aliphatic heterocycles. The van der Waals surface area contributed by atoms with Gasteiger partial charge in [0.05, 0.1) is 24.3 Å². The molecule has 1 heterocycles. The summed E-state index contributed by atoms with van der Waals surface area (Å²) in [5.74, 6) is 5.70. The molecule has 1 N–H and O–H groups in total. The van der Waals surface area contributed by atoms with Crippen LogP contribution in [0.5, 0.6) is 0 Å². The molecule has 26 heavy (non-hydrogen) atoms. The first-order valence-corrected chi connectivity index (χ1v) is 7.77. The van der Waals surface area contributed by atoms with E-state index in [-0.39, 0.29) is 24.6 Å². The van der Waals surface area contributed by atoms with Crippen molar-refractivity contribution >= 4 is 5.91 Å². The minimum atomic E-state index is -4.40. The van der Waals surface area contributed by atoms with E-state index < -0.39 is 11.7 Å². The van der Waals surface area contributed by atoms with E-state index in [4.69, 9.17) is 4.52 Å². The number of likely N-dealkylation sites (N-methyl/N-ethyl adjacent to an activating group) is 1. The minimum absolute atomic E-state index is 0.0476. The molecule has 138 valence electrons. The Bertz CT molecular complexity index is 819. The van der Waals surface area contributed by atoms with Gasteiger partial charge in [0.1, 0.15) is 5.76 Å². The summed E-state index contributed by atoms with van der Waals surface area (Å²) < 4.78 is 42.8. The minimum Gasteiger partial charge on any atom is -0.361 e. The van der Waals surface area contributed by atoms with Gasteiger partial charge in [-0.2, -0.15) is 13.2 Å². The molecule has 0 saturated carbocycles. The van der Waals surface area contributed by atoms with Crippen LogP contribution in [0.1, 0.15) is 22.6 Å². The fourth-order valence-corrected chi connectivity index (χ4v) is 2.19. The van der Waals surface area contributed by atoms with Gasteiger partial charge in [0.2, 0.25) is 5.91 Å². The highest BCUT2D eigenvalue weighted by Crippen LogP contribution is 2.29. The lowest BCUT2D eigenvalue weighted by molar-refractivity contribution is -0.137. The molecule has 8 heteroatoms. The standard InChI is InChI=1S/C18H18F3N3O2/c1-13-9-16(23-26-13)11-24(2)12-17(25)22-8-4-6-14-5-3-7-15(10-14)18(19,20)21/h3,5,7,9-10H,8,11-12H2,1-2H3,(H,22,25). The molecule has 0 atom stereocenters. The Kier molecular flexibility index (Phi) is 6.41. The summed E-state index contributed by atoms with van der Waals surface area (Å²) in [7, 11) is 1.76. The summed E-state index contributed by atoms with van der Waals surface area (Å²) in [6.07, 6.45) is -4.40. The highest BCUT2D eigenvalue weighted by Gasteiger charge is 2.30. The van der Waals surface area contributed by atoms with Gasteiger partial charge in [-0.25, -0.2) is 0 Å². The molecule has 0 aliphatic carbocycles. The van der Waals surface area contributed by atoms with Gasteiger partial charge in [0.15, 0.2) is 0 Å². The Morgan fingerprint density at radius 3 is 2.77 bits per heavy atom. The van der Waals surface area contributed by atoms with Gasteiger partial charge in [-0.1, -0.05) is 23.1 Å². The van der Waals surface area contributed by atoms with Gasteiger partial charge in [-0.05, 0) is 32.2 Å². The molecule has 0 fully saturated rings. The Labute approximate surface area is 149 Å². The first kappa shape index (κ1) is 19.5. The van der Waals surface area contributed by atoms with E-state index in [2.05, 4.69) is 22.3 Å². The van der Waals surface area contributed by atoms with Gasteiger partial charge in [-0.3, -0.25) is 9.69 Å². The first-order chi connectivity index (χ1) is 12.2. The summed E-state index contributed by atoms with van der Waals surface area (Å²) in [6.45, 7) is 2.43. The zero-order valence-electron chi connectivity index (χ0n) is 14.4. The van der Waals surface area contributed by atoms with E-state index in [0.29, 0.717) is 12.3 Å². The van der Waals surface area contributed by atoms with Crippen LogP contribution in [-0.4, -0.2) is 36.1 Å². The van der Waals surface area contributed by atoms with Crippen LogP contribution in [0, 0.1) is 18.8 Å². The number of rotatable bonds is 5. The average Bonchev–Trinajstić information content (AvgIpc) is 2.96. The Hall–Kier alpha value is -2.79. The van der Waals surface area contributed by atoms with E-state index in [0.717, 1.165) is 17.8 Å². The van der Waals surface area contributed by atoms with E-state index >= 15 is 0 Å². The number of nitrogens with one attached hydrogen (secondary N) is 1. The number of carbonyl (C=O) groups is 1. The summed E-state index contributed by atoms with van der Waals surface area (Å²) in [6, 6.07) is 6.53.